The standard InChI is InChI=1S/C25H25NO2/c27-24(17-19-9-3-1-4-10-19)26-25-22-14-8-7-13-21(22)15-16-23(25)28-18-20-11-5-2-6-12-20/h1-14,23,25H,15-18H2,(H,26,27)/t23-,25+/m1/s1. The molecule has 0 heterocycles. The van der Waals surface area contributed by atoms with E-state index in [1.165, 1.54) is 11.1 Å². The van der Waals surface area contributed by atoms with Crippen molar-refractivity contribution in [1.29, 1.82) is 0 Å². The van der Waals surface area contributed by atoms with Crippen LogP contribution in [0, 0.1) is 0 Å². The van der Waals surface area contributed by atoms with Gasteiger partial charge in [-0.25, -0.2) is 0 Å². The van der Waals surface area contributed by atoms with Crippen LogP contribution in [-0.2, 0) is 29.0 Å². The fraction of sp³-hybridized carbons (Fsp3) is 0.240. The maximum Gasteiger partial charge on any atom is 0.224 e. The van der Waals surface area contributed by atoms with Gasteiger partial charge >= 0.3 is 0 Å². The molecule has 0 spiro atoms. The lowest BCUT2D eigenvalue weighted by molar-refractivity contribution is -0.122. The van der Waals surface area contributed by atoms with Gasteiger partial charge in [0.15, 0.2) is 0 Å². The van der Waals surface area contributed by atoms with Crippen molar-refractivity contribution in [3.63, 3.8) is 0 Å². The zero-order chi connectivity index (χ0) is 19.2. The third-order valence-corrected chi connectivity index (χ3v) is 5.29. The number of carbonyl (C=O) groups is 1. The van der Waals surface area contributed by atoms with Gasteiger partial charge in [-0.15, -0.1) is 0 Å². The van der Waals surface area contributed by atoms with Crippen LogP contribution in [0.3, 0.4) is 0 Å². The summed E-state index contributed by atoms with van der Waals surface area (Å²) in [5.74, 6) is 0.0289. The summed E-state index contributed by atoms with van der Waals surface area (Å²) < 4.78 is 6.27. The number of ether oxygens (including phenoxy) is 1. The second-order valence-electron chi connectivity index (χ2n) is 7.28. The SMILES string of the molecule is O=C(Cc1ccccc1)N[C@H]1c2ccccc2CC[C@H]1OCc1ccccc1. The molecule has 0 radical (unpaired) electrons. The molecule has 3 aromatic rings. The van der Waals surface area contributed by atoms with Crippen LogP contribution in [0.5, 0.6) is 0 Å². The molecular formula is C25H25NO2. The molecule has 0 fully saturated rings. The average Bonchev–Trinajstić information content (AvgIpc) is 2.74. The van der Waals surface area contributed by atoms with E-state index in [-0.39, 0.29) is 18.1 Å². The number of amides is 1. The van der Waals surface area contributed by atoms with Crippen molar-refractivity contribution < 1.29 is 9.53 Å². The van der Waals surface area contributed by atoms with Crippen LogP contribution in [-0.4, -0.2) is 12.0 Å². The molecule has 1 N–H and O–H groups in total. The van der Waals surface area contributed by atoms with Gasteiger partial charge in [-0.1, -0.05) is 84.9 Å². The van der Waals surface area contributed by atoms with Crippen molar-refractivity contribution >= 4 is 5.91 Å². The first-order chi connectivity index (χ1) is 13.8. The minimum absolute atomic E-state index is 0.0289. The zero-order valence-corrected chi connectivity index (χ0v) is 15.9. The molecule has 3 aromatic carbocycles. The van der Waals surface area contributed by atoms with Gasteiger partial charge in [0, 0.05) is 0 Å². The highest BCUT2D eigenvalue weighted by atomic mass is 16.5. The quantitative estimate of drug-likeness (QED) is 0.687. The van der Waals surface area contributed by atoms with Gasteiger partial charge in [0.1, 0.15) is 0 Å². The summed E-state index contributed by atoms with van der Waals surface area (Å²) in [7, 11) is 0. The second kappa shape index (κ2) is 8.85. The molecule has 142 valence electrons. The summed E-state index contributed by atoms with van der Waals surface area (Å²) in [6.07, 6.45) is 2.22. The lowest BCUT2D eigenvalue weighted by Crippen LogP contribution is -2.41. The first-order valence-corrected chi connectivity index (χ1v) is 9.86. The minimum atomic E-state index is -0.120. The van der Waals surface area contributed by atoms with E-state index in [1.807, 2.05) is 54.6 Å². The van der Waals surface area contributed by atoms with Crippen LogP contribution in [0.2, 0.25) is 0 Å². The summed E-state index contributed by atoms with van der Waals surface area (Å²) in [4.78, 5) is 12.7. The highest BCUT2D eigenvalue weighted by Gasteiger charge is 2.31. The van der Waals surface area contributed by atoms with Crippen LogP contribution in [0.4, 0.5) is 0 Å². The molecule has 28 heavy (non-hydrogen) atoms. The number of benzene rings is 3. The van der Waals surface area contributed by atoms with Gasteiger partial charge in [-0.05, 0) is 35.1 Å². The first-order valence-electron chi connectivity index (χ1n) is 9.86. The Hall–Kier alpha value is -2.91. The molecule has 1 amide bonds. The minimum Gasteiger partial charge on any atom is -0.371 e. The number of fused-ring (bicyclic) bond motifs is 1. The van der Waals surface area contributed by atoms with Crippen LogP contribution in [0.15, 0.2) is 84.9 Å². The number of aryl methyl sites for hydroxylation is 1. The van der Waals surface area contributed by atoms with Gasteiger partial charge in [0.05, 0.1) is 25.2 Å². The smallest absolute Gasteiger partial charge is 0.224 e. The van der Waals surface area contributed by atoms with E-state index in [9.17, 15) is 4.79 Å². The maximum atomic E-state index is 12.7. The number of hydrogen-bond donors (Lipinski definition) is 1. The van der Waals surface area contributed by atoms with Crippen molar-refractivity contribution in [2.45, 2.75) is 38.0 Å². The highest BCUT2D eigenvalue weighted by Crippen LogP contribution is 2.32. The van der Waals surface area contributed by atoms with Gasteiger partial charge in [0.25, 0.3) is 0 Å². The number of nitrogens with one attached hydrogen (secondary N) is 1. The number of hydrogen-bond acceptors (Lipinski definition) is 2. The van der Waals surface area contributed by atoms with Gasteiger partial charge < -0.3 is 10.1 Å². The van der Waals surface area contributed by atoms with Crippen LogP contribution in [0.25, 0.3) is 0 Å². The Balaban J connectivity index is 1.49. The molecule has 0 saturated carbocycles. The Morgan fingerprint density at radius 2 is 1.50 bits per heavy atom. The van der Waals surface area contributed by atoms with Crippen molar-refractivity contribution in [3.05, 3.63) is 107 Å². The third kappa shape index (κ3) is 4.49. The molecule has 4 rings (SSSR count). The summed E-state index contributed by atoms with van der Waals surface area (Å²) in [6.45, 7) is 0.554. The van der Waals surface area contributed by atoms with E-state index in [4.69, 9.17) is 4.74 Å². The average molecular weight is 371 g/mol. The third-order valence-electron chi connectivity index (χ3n) is 5.29. The van der Waals surface area contributed by atoms with Crippen molar-refractivity contribution in [3.8, 4) is 0 Å². The van der Waals surface area contributed by atoms with Crippen molar-refractivity contribution in [1.82, 2.24) is 5.32 Å². The largest absolute Gasteiger partial charge is 0.371 e. The Morgan fingerprint density at radius 3 is 2.25 bits per heavy atom. The predicted molar refractivity (Wildman–Crippen MR) is 111 cm³/mol. The van der Waals surface area contributed by atoms with Crippen LogP contribution < -0.4 is 5.32 Å². The van der Waals surface area contributed by atoms with Crippen molar-refractivity contribution in [2.24, 2.45) is 0 Å². The molecule has 2 atom stereocenters. The molecule has 1 aliphatic carbocycles. The fourth-order valence-corrected chi connectivity index (χ4v) is 3.86. The molecule has 0 aliphatic heterocycles. The van der Waals surface area contributed by atoms with Crippen LogP contribution >= 0.6 is 0 Å². The summed E-state index contributed by atoms with van der Waals surface area (Å²) >= 11 is 0. The summed E-state index contributed by atoms with van der Waals surface area (Å²) in [5.41, 5.74) is 4.64. The number of carbonyl (C=O) groups excluding carboxylic acids is 1. The molecule has 0 bridgehead atoms. The Kier molecular flexibility index (Phi) is 5.83. The molecule has 0 aromatic heterocycles. The van der Waals surface area contributed by atoms with E-state index in [0.29, 0.717) is 13.0 Å². The van der Waals surface area contributed by atoms with Gasteiger partial charge in [-0.3, -0.25) is 4.79 Å². The Morgan fingerprint density at radius 1 is 0.857 bits per heavy atom. The van der Waals surface area contributed by atoms with E-state index < -0.39 is 0 Å². The molecule has 3 nitrogen and oxygen atoms in total. The summed E-state index contributed by atoms with van der Waals surface area (Å²) in [5, 5.41) is 3.25. The maximum absolute atomic E-state index is 12.7. The molecule has 0 saturated heterocycles. The second-order valence-corrected chi connectivity index (χ2v) is 7.28. The Bertz CT molecular complexity index is 908. The van der Waals surface area contributed by atoms with Crippen molar-refractivity contribution in [2.75, 3.05) is 0 Å². The van der Waals surface area contributed by atoms with Gasteiger partial charge in [-0.2, -0.15) is 0 Å². The normalized spacial score (nSPS) is 18.3. The van der Waals surface area contributed by atoms with E-state index >= 15 is 0 Å². The number of rotatable bonds is 6. The Labute approximate surface area is 166 Å². The molecule has 1 aliphatic rings. The highest BCUT2D eigenvalue weighted by molar-refractivity contribution is 5.79. The summed E-state index contributed by atoms with van der Waals surface area (Å²) in [6, 6.07) is 28.3. The molecule has 0 unspecified atom stereocenters. The van der Waals surface area contributed by atoms with E-state index in [1.54, 1.807) is 0 Å². The lowest BCUT2D eigenvalue weighted by Gasteiger charge is -2.34. The van der Waals surface area contributed by atoms with Crippen LogP contribution in [0.1, 0.15) is 34.7 Å². The topological polar surface area (TPSA) is 38.3 Å². The zero-order valence-electron chi connectivity index (χ0n) is 15.9. The molecular weight excluding hydrogens is 346 g/mol. The van der Waals surface area contributed by atoms with E-state index in [0.717, 1.165) is 24.0 Å². The monoisotopic (exact) mass is 371 g/mol. The fourth-order valence-electron chi connectivity index (χ4n) is 3.86. The van der Waals surface area contributed by atoms with E-state index in [2.05, 4.69) is 35.6 Å². The predicted octanol–water partition coefficient (Wildman–Crippen LogP) is 4.62. The first kappa shape index (κ1) is 18.5. The lowest BCUT2D eigenvalue weighted by atomic mass is 9.85. The van der Waals surface area contributed by atoms with Gasteiger partial charge in [0.2, 0.25) is 5.91 Å². The molecule has 3 heteroatoms.